The molecule has 0 saturated heterocycles. The Morgan fingerprint density at radius 3 is 2.55 bits per heavy atom. The number of halogens is 1. The predicted molar refractivity (Wildman–Crippen MR) is 80.6 cm³/mol. The number of nitrogens with one attached hydrogen (secondary N) is 1. The van der Waals surface area contributed by atoms with Crippen molar-refractivity contribution in [1.82, 2.24) is 9.78 Å². The lowest BCUT2D eigenvalue weighted by molar-refractivity contribution is 0.601. The third kappa shape index (κ3) is 3.74. The largest absolute Gasteiger partial charge is 0.266 e. The van der Waals surface area contributed by atoms with Gasteiger partial charge in [-0.25, -0.2) is 8.42 Å². The van der Waals surface area contributed by atoms with Crippen LogP contribution in [0.4, 0.5) is 5.82 Å². The Morgan fingerprint density at radius 2 is 1.95 bits per heavy atom. The second kappa shape index (κ2) is 5.85. The molecule has 0 radical (unpaired) electrons. The maximum atomic E-state index is 11.5. The molecule has 0 aliphatic carbocycles. The standard InChI is InChI=1S/C13H16ClN3O2S/c1-3-20(18,19)16-13-8-10(2)17(15-13)9-11-4-6-12(14)7-5-11/h4-8H,3,9H2,1-2H3,(H,15,16). The fourth-order valence-corrected chi connectivity index (χ4v) is 2.40. The van der Waals surface area contributed by atoms with E-state index in [0.29, 0.717) is 17.4 Å². The second-order valence-electron chi connectivity index (χ2n) is 4.46. The Kier molecular flexibility index (Phi) is 4.35. The van der Waals surface area contributed by atoms with E-state index in [1.54, 1.807) is 17.7 Å². The molecule has 0 unspecified atom stereocenters. The van der Waals surface area contributed by atoms with Gasteiger partial charge in [-0.3, -0.25) is 9.40 Å². The van der Waals surface area contributed by atoms with Crippen molar-refractivity contribution in [2.75, 3.05) is 10.5 Å². The Labute approximate surface area is 123 Å². The number of aromatic nitrogens is 2. The average molecular weight is 314 g/mol. The minimum absolute atomic E-state index is 0.0239. The summed E-state index contributed by atoms with van der Waals surface area (Å²) in [4.78, 5) is 0. The van der Waals surface area contributed by atoms with Crippen LogP contribution < -0.4 is 4.72 Å². The van der Waals surface area contributed by atoms with E-state index in [1.165, 1.54) is 0 Å². The number of anilines is 1. The molecule has 1 aromatic heterocycles. The van der Waals surface area contributed by atoms with Crippen LogP contribution in [-0.4, -0.2) is 24.0 Å². The highest BCUT2D eigenvalue weighted by atomic mass is 35.5. The minimum Gasteiger partial charge on any atom is -0.266 e. The van der Waals surface area contributed by atoms with Crippen LogP contribution in [0, 0.1) is 6.92 Å². The van der Waals surface area contributed by atoms with Gasteiger partial charge in [0.25, 0.3) is 0 Å². The molecule has 0 fully saturated rings. The lowest BCUT2D eigenvalue weighted by Crippen LogP contribution is -2.15. The van der Waals surface area contributed by atoms with Crippen LogP contribution in [0.2, 0.25) is 5.02 Å². The van der Waals surface area contributed by atoms with E-state index in [9.17, 15) is 8.42 Å². The third-order valence-corrected chi connectivity index (χ3v) is 4.40. The first kappa shape index (κ1) is 14.9. The number of rotatable bonds is 5. The molecule has 0 bridgehead atoms. The Hall–Kier alpha value is -1.53. The lowest BCUT2D eigenvalue weighted by Gasteiger charge is -2.05. The van der Waals surface area contributed by atoms with E-state index in [1.807, 2.05) is 31.2 Å². The maximum Gasteiger partial charge on any atom is 0.233 e. The van der Waals surface area contributed by atoms with Gasteiger partial charge in [-0.1, -0.05) is 23.7 Å². The SMILES string of the molecule is CCS(=O)(=O)Nc1cc(C)n(Cc2ccc(Cl)cc2)n1. The molecule has 1 N–H and O–H groups in total. The van der Waals surface area contributed by atoms with Crippen LogP contribution in [0.25, 0.3) is 0 Å². The van der Waals surface area contributed by atoms with E-state index in [2.05, 4.69) is 9.82 Å². The van der Waals surface area contributed by atoms with Crippen molar-refractivity contribution >= 4 is 27.4 Å². The zero-order valence-corrected chi connectivity index (χ0v) is 12.9. The molecule has 0 atom stereocenters. The molecule has 108 valence electrons. The first-order valence-corrected chi connectivity index (χ1v) is 8.22. The molecule has 2 aromatic rings. The second-order valence-corrected chi connectivity index (χ2v) is 6.91. The van der Waals surface area contributed by atoms with Crippen LogP contribution in [0.15, 0.2) is 30.3 Å². The first-order valence-electron chi connectivity index (χ1n) is 6.19. The third-order valence-electron chi connectivity index (χ3n) is 2.87. The number of hydrogen-bond donors (Lipinski definition) is 1. The van der Waals surface area contributed by atoms with Crippen LogP contribution >= 0.6 is 11.6 Å². The number of benzene rings is 1. The smallest absolute Gasteiger partial charge is 0.233 e. The highest BCUT2D eigenvalue weighted by Crippen LogP contribution is 2.14. The lowest BCUT2D eigenvalue weighted by atomic mass is 10.2. The molecule has 0 aliphatic rings. The van der Waals surface area contributed by atoms with E-state index >= 15 is 0 Å². The van der Waals surface area contributed by atoms with Crippen molar-refractivity contribution < 1.29 is 8.42 Å². The molecular weight excluding hydrogens is 298 g/mol. The van der Waals surface area contributed by atoms with E-state index in [-0.39, 0.29) is 5.75 Å². The first-order chi connectivity index (χ1) is 9.39. The monoisotopic (exact) mass is 313 g/mol. The molecule has 7 heteroatoms. The van der Waals surface area contributed by atoms with Crippen LogP contribution in [0.5, 0.6) is 0 Å². The van der Waals surface area contributed by atoms with Gasteiger partial charge in [0.15, 0.2) is 5.82 Å². The highest BCUT2D eigenvalue weighted by Gasteiger charge is 2.11. The summed E-state index contributed by atoms with van der Waals surface area (Å²) in [6.07, 6.45) is 0. The molecule has 0 aliphatic heterocycles. The summed E-state index contributed by atoms with van der Waals surface area (Å²) in [7, 11) is -3.30. The van der Waals surface area contributed by atoms with Gasteiger partial charge in [-0.05, 0) is 31.5 Å². The molecule has 20 heavy (non-hydrogen) atoms. The molecule has 0 spiro atoms. The minimum atomic E-state index is -3.30. The van der Waals surface area contributed by atoms with Gasteiger partial charge >= 0.3 is 0 Å². The van der Waals surface area contributed by atoms with Crippen molar-refractivity contribution in [2.24, 2.45) is 0 Å². The molecule has 5 nitrogen and oxygen atoms in total. The van der Waals surface area contributed by atoms with Crippen molar-refractivity contribution in [3.8, 4) is 0 Å². The molecule has 0 saturated carbocycles. The molecule has 1 aromatic carbocycles. The normalized spacial score (nSPS) is 11.6. The fourth-order valence-electron chi connectivity index (χ4n) is 1.71. The molecule has 1 heterocycles. The van der Waals surface area contributed by atoms with Crippen molar-refractivity contribution in [3.63, 3.8) is 0 Å². The van der Waals surface area contributed by atoms with Gasteiger partial charge in [0, 0.05) is 16.8 Å². The summed E-state index contributed by atoms with van der Waals surface area (Å²) < 4.78 is 27.2. The Bertz CT molecular complexity index is 693. The number of hydrogen-bond acceptors (Lipinski definition) is 3. The van der Waals surface area contributed by atoms with Crippen molar-refractivity contribution in [2.45, 2.75) is 20.4 Å². The summed E-state index contributed by atoms with van der Waals surface area (Å²) >= 11 is 5.84. The highest BCUT2D eigenvalue weighted by molar-refractivity contribution is 7.92. The summed E-state index contributed by atoms with van der Waals surface area (Å²) in [5.74, 6) is 0.370. The van der Waals surface area contributed by atoms with E-state index in [4.69, 9.17) is 11.6 Å². The van der Waals surface area contributed by atoms with Gasteiger partial charge in [-0.2, -0.15) is 5.10 Å². The average Bonchev–Trinajstić information content (AvgIpc) is 2.72. The maximum absolute atomic E-state index is 11.5. The summed E-state index contributed by atoms with van der Waals surface area (Å²) in [5, 5.41) is 4.94. The number of aryl methyl sites for hydroxylation is 1. The number of nitrogens with zero attached hydrogens (tertiary/aromatic N) is 2. The summed E-state index contributed by atoms with van der Waals surface area (Å²) in [5.41, 5.74) is 1.93. The van der Waals surface area contributed by atoms with Gasteiger partial charge in [0.1, 0.15) is 0 Å². The molecule has 0 amide bonds. The van der Waals surface area contributed by atoms with Crippen LogP contribution in [0.1, 0.15) is 18.2 Å². The predicted octanol–water partition coefficient (Wildman–Crippen LogP) is 2.65. The zero-order chi connectivity index (χ0) is 14.8. The fraction of sp³-hybridized carbons (Fsp3) is 0.308. The topological polar surface area (TPSA) is 64.0 Å². The summed E-state index contributed by atoms with van der Waals surface area (Å²) in [6.45, 7) is 4.03. The quantitative estimate of drug-likeness (QED) is 0.923. The molecule has 2 rings (SSSR count). The van der Waals surface area contributed by atoms with E-state index in [0.717, 1.165) is 11.3 Å². The van der Waals surface area contributed by atoms with Gasteiger partial charge in [-0.15, -0.1) is 0 Å². The zero-order valence-electron chi connectivity index (χ0n) is 11.3. The van der Waals surface area contributed by atoms with Gasteiger partial charge in [0.05, 0.1) is 12.3 Å². The van der Waals surface area contributed by atoms with Crippen molar-refractivity contribution in [1.29, 1.82) is 0 Å². The Balaban J connectivity index is 2.17. The number of sulfonamides is 1. The van der Waals surface area contributed by atoms with E-state index < -0.39 is 10.0 Å². The molecular formula is C13H16ClN3O2S. The Morgan fingerprint density at radius 1 is 1.30 bits per heavy atom. The van der Waals surface area contributed by atoms with Crippen LogP contribution in [0.3, 0.4) is 0 Å². The van der Waals surface area contributed by atoms with Gasteiger partial charge in [0.2, 0.25) is 10.0 Å². The van der Waals surface area contributed by atoms with Crippen LogP contribution in [-0.2, 0) is 16.6 Å². The van der Waals surface area contributed by atoms with Crippen molar-refractivity contribution in [3.05, 3.63) is 46.6 Å². The van der Waals surface area contributed by atoms with Gasteiger partial charge < -0.3 is 0 Å². The summed E-state index contributed by atoms with van der Waals surface area (Å²) in [6, 6.07) is 9.18.